The Hall–Kier alpha value is -2.68. The van der Waals surface area contributed by atoms with Gasteiger partial charge >= 0.3 is 23.9 Å². The number of hydrogen-bond acceptors (Lipinski definition) is 7. The number of aliphatic hydroxyl groups excluding tert-OH is 1. The molecule has 0 saturated heterocycles. The van der Waals surface area contributed by atoms with Gasteiger partial charge in [0.05, 0.1) is 0 Å². The van der Waals surface area contributed by atoms with Gasteiger partial charge in [-0.05, 0) is 0 Å². The van der Waals surface area contributed by atoms with E-state index in [0.29, 0.717) is 24.3 Å². The van der Waals surface area contributed by atoms with Gasteiger partial charge in [0.1, 0.15) is 19.3 Å². The zero-order chi connectivity index (χ0) is 15.5. The highest BCUT2D eigenvalue weighted by atomic mass is 16.6. The molecule has 0 aliphatic rings. The molecule has 20 heavy (non-hydrogen) atoms. The highest BCUT2D eigenvalue weighted by molar-refractivity contribution is 5.91. The summed E-state index contributed by atoms with van der Waals surface area (Å²) < 4.78 is 8.88. The number of carboxylic acids is 2. The number of carbonyl (C=O) groups is 4. The number of carboxylic acid groups (broad SMARTS) is 2. The molecular formula is C11H12O9. The lowest BCUT2D eigenvalue weighted by Crippen LogP contribution is -2.24. The van der Waals surface area contributed by atoms with Crippen molar-refractivity contribution in [3.63, 3.8) is 0 Å². The fourth-order valence-corrected chi connectivity index (χ4v) is 0.780. The van der Waals surface area contributed by atoms with Crippen molar-refractivity contribution < 1.29 is 44.0 Å². The smallest absolute Gasteiger partial charge is 0.331 e. The van der Waals surface area contributed by atoms with Crippen molar-refractivity contribution in [1.82, 2.24) is 0 Å². The van der Waals surface area contributed by atoms with Gasteiger partial charge in [-0.2, -0.15) is 0 Å². The minimum absolute atomic E-state index is 0.515. The number of esters is 2. The minimum Gasteiger partial charge on any atom is -0.478 e. The molecule has 0 aromatic carbocycles. The highest BCUT2D eigenvalue weighted by Crippen LogP contribution is 1.92. The van der Waals surface area contributed by atoms with E-state index in [1.807, 2.05) is 0 Å². The van der Waals surface area contributed by atoms with E-state index in [1.165, 1.54) is 0 Å². The molecule has 0 atom stereocenters. The van der Waals surface area contributed by atoms with Crippen molar-refractivity contribution in [2.24, 2.45) is 0 Å². The van der Waals surface area contributed by atoms with Gasteiger partial charge in [0.15, 0.2) is 0 Å². The topological polar surface area (TPSA) is 147 Å². The molecule has 0 saturated carbocycles. The SMILES string of the molecule is O=C(O)/C=C\C(=O)OCC(O)COC(=O)/C=C\C(=O)O. The van der Waals surface area contributed by atoms with Gasteiger partial charge in [-0.1, -0.05) is 0 Å². The molecule has 9 heteroatoms. The maximum Gasteiger partial charge on any atom is 0.331 e. The number of rotatable bonds is 8. The summed E-state index contributed by atoms with van der Waals surface area (Å²) in [6.07, 6.45) is 1.10. The summed E-state index contributed by atoms with van der Waals surface area (Å²) in [7, 11) is 0. The Balaban J connectivity index is 3.92. The van der Waals surface area contributed by atoms with Crippen LogP contribution in [0.2, 0.25) is 0 Å². The Bertz CT molecular complexity index is 395. The van der Waals surface area contributed by atoms with Crippen LogP contribution in [0.15, 0.2) is 24.3 Å². The molecule has 0 rings (SSSR count). The molecule has 3 N–H and O–H groups in total. The van der Waals surface area contributed by atoms with Crippen LogP contribution in [0.3, 0.4) is 0 Å². The van der Waals surface area contributed by atoms with Crippen LogP contribution in [0.5, 0.6) is 0 Å². The van der Waals surface area contributed by atoms with Crippen LogP contribution in [0.25, 0.3) is 0 Å². The Kier molecular flexibility index (Phi) is 8.03. The lowest BCUT2D eigenvalue weighted by atomic mass is 10.4. The molecule has 0 aliphatic carbocycles. The van der Waals surface area contributed by atoms with E-state index >= 15 is 0 Å². The summed E-state index contributed by atoms with van der Waals surface area (Å²) in [6.45, 7) is -1.03. The summed E-state index contributed by atoms with van der Waals surface area (Å²) in [5.74, 6) is -4.63. The molecule has 0 aromatic rings. The van der Waals surface area contributed by atoms with Crippen LogP contribution < -0.4 is 0 Å². The second-order valence-corrected chi connectivity index (χ2v) is 3.26. The first kappa shape index (κ1) is 17.3. The van der Waals surface area contributed by atoms with Crippen molar-refractivity contribution in [3.05, 3.63) is 24.3 Å². The third-order valence-electron chi connectivity index (χ3n) is 1.56. The second-order valence-electron chi connectivity index (χ2n) is 3.26. The van der Waals surface area contributed by atoms with Crippen LogP contribution in [0.1, 0.15) is 0 Å². The summed E-state index contributed by atoms with van der Waals surface area (Å²) in [4.78, 5) is 42.0. The van der Waals surface area contributed by atoms with Gasteiger partial charge in [-0.25, -0.2) is 19.2 Å². The predicted octanol–water partition coefficient (Wildman–Crippen LogP) is -1.28. The van der Waals surface area contributed by atoms with E-state index < -0.39 is 43.2 Å². The first-order valence-electron chi connectivity index (χ1n) is 5.15. The van der Waals surface area contributed by atoms with Gasteiger partial charge in [0.25, 0.3) is 0 Å². The Morgan fingerprint density at radius 2 is 1.15 bits per heavy atom. The van der Waals surface area contributed by atoms with Gasteiger partial charge < -0.3 is 24.8 Å². The van der Waals surface area contributed by atoms with Crippen molar-refractivity contribution in [2.75, 3.05) is 13.2 Å². The lowest BCUT2D eigenvalue weighted by Gasteiger charge is -2.09. The fraction of sp³-hybridized carbons (Fsp3) is 0.273. The molecule has 0 unspecified atom stereocenters. The predicted molar refractivity (Wildman–Crippen MR) is 61.5 cm³/mol. The lowest BCUT2D eigenvalue weighted by molar-refractivity contribution is -0.147. The molecule has 0 heterocycles. The van der Waals surface area contributed by atoms with E-state index in [9.17, 15) is 24.3 Å². The van der Waals surface area contributed by atoms with Crippen molar-refractivity contribution in [2.45, 2.75) is 6.10 Å². The maximum atomic E-state index is 10.9. The van der Waals surface area contributed by atoms with Crippen molar-refractivity contribution in [3.8, 4) is 0 Å². The average Bonchev–Trinajstić information content (AvgIpc) is 2.37. The van der Waals surface area contributed by atoms with Gasteiger partial charge in [0, 0.05) is 24.3 Å². The van der Waals surface area contributed by atoms with Crippen LogP contribution in [0.4, 0.5) is 0 Å². The van der Waals surface area contributed by atoms with E-state index in [0.717, 1.165) is 0 Å². The number of hydrogen-bond donors (Lipinski definition) is 3. The van der Waals surface area contributed by atoms with Crippen molar-refractivity contribution in [1.29, 1.82) is 0 Å². The third kappa shape index (κ3) is 10.5. The molecule has 0 radical (unpaired) electrons. The van der Waals surface area contributed by atoms with Crippen molar-refractivity contribution >= 4 is 23.9 Å². The molecule has 110 valence electrons. The standard InChI is InChI=1S/C11H12O9/c12-7(5-19-10(17)3-1-8(13)14)6-20-11(18)4-2-9(15)16/h1-4,7,12H,5-6H2,(H,13,14)(H,15,16)/b3-1-,4-2-. The minimum atomic E-state index is -1.33. The highest BCUT2D eigenvalue weighted by Gasteiger charge is 2.10. The molecule has 0 aromatic heterocycles. The molecule has 0 bridgehead atoms. The summed E-state index contributed by atoms with van der Waals surface area (Å²) in [6, 6.07) is 0. The monoisotopic (exact) mass is 288 g/mol. The first-order chi connectivity index (χ1) is 9.31. The normalized spacial score (nSPS) is 10.9. The number of aliphatic carboxylic acids is 2. The molecule has 9 nitrogen and oxygen atoms in total. The first-order valence-corrected chi connectivity index (χ1v) is 5.15. The van der Waals surface area contributed by atoms with Gasteiger partial charge in [-0.15, -0.1) is 0 Å². The Morgan fingerprint density at radius 3 is 1.45 bits per heavy atom. The van der Waals surface area contributed by atoms with E-state index in [4.69, 9.17) is 10.2 Å². The van der Waals surface area contributed by atoms with Crippen LogP contribution in [-0.2, 0) is 28.7 Å². The average molecular weight is 288 g/mol. The van der Waals surface area contributed by atoms with Crippen LogP contribution in [0, 0.1) is 0 Å². The molecule has 0 amide bonds. The third-order valence-corrected chi connectivity index (χ3v) is 1.56. The Labute approximate surface area is 112 Å². The quantitative estimate of drug-likeness (QED) is 0.366. The van der Waals surface area contributed by atoms with Crippen LogP contribution >= 0.6 is 0 Å². The fourth-order valence-electron chi connectivity index (χ4n) is 0.780. The number of ether oxygens (including phenoxy) is 2. The zero-order valence-electron chi connectivity index (χ0n) is 10.1. The summed E-state index contributed by atoms with van der Waals surface area (Å²) in [5, 5.41) is 25.7. The molecule has 0 spiro atoms. The Morgan fingerprint density at radius 1 is 0.800 bits per heavy atom. The van der Waals surface area contributed by atoms with E-state index in [1.54, 1.807) is 0 Å². The number of carbonyl (C=O) groups excluding carboxylic acids is 2. The summed E-state index contributed by atoms with van der Waals surface area (Å²) >= 11 is 0. The second kappa shape index (κ2) is 9.28. The van der Waals surface area contributed by atoms with Crippen LogP contribution in [-0.4, -0.2) is 58.5 Å². The number of aliphatic hydroxyl groups is 1. The zero-order valence-corrected chi connectivity index (χ0v) is 10.1. The molecule has 0 fully saturated rings. The largest absolute Gasteiger partial charge is 0.478 e. The van der Waals surface area contributed by atoms with E-state index in [-0.39, 0.29) is 0 Å². The molecule has 0 aliphatic heterocycles. The summed E-state index contributed by atoms with van der Waals surface area (Å²) in [5.41, 5.74) is 0. The van der Waals surface area contributed by atoms with Gasteiger partial charge in [-0.3, -0.25) is 0 Å². The molecular weight excluding hydrogens is 276 g/mol. The van der Waals surface area contributed by atoms with E-state index in [2.05, 4.69) is 9.47 Å². The van der Waals surface area contributed by atoms with Gasteiger partial charge in [0.2, 0.25) is 0 Å². The maximum absolute atomic E-state index is 10.9.